The van der Waals surface area contributed by atoms with Gasteiger partial charge in [0.25, 0.3) is 0 Å². The van der Waals surface area contributed by atoms with E-state index in [1.165, 1.54) is 12.8 Å². The standard InChI is InChI=1S/C18H25NO2/c1-21-17-8-7-16(13-17)19-11-9-15(10-12-19)18(20)14-5-3-2-4-6-14/h2-6,15-17H,7-13H2,1H3/t16-,17+/m0/s1. The van der Waals surface area contributed by atoms with Crippen LogP contribution in [-0.4, -0.2) is 43.0 Å². The van der Waals surface area contributed by atoms with E-state index in [0.717, 1.165) is 37.9 Å². The summed E-state index contributed by atoms with van der Waals surface area (Å²) in [7, 11) is 1.82. The van der Waals surface area contributed by atoms with E-state index in [0.29, 0.717) is 17.9 Å². The quantitative estimate of drug-likeness (QED) is 0.797. The predicted molar refractivity (Wildman–Crippen MR) is 83.5 cm³/mol. The van der Waals surface area contributed by atoms with Gasteiger partial charge in [0.15, 0.2) is 5.78 Å². The number of carbonyl (C=O) groups is 1. The molecule has 0 aromatic heterocycles. The molecule has 1 aromatic carbocycles. The summed E-state index contributed by atoms with van der Waals surface area (Å²) in [6.07, 6.45) is 6.04. The Labute approximate surface area is 127 Å². The topological polar surface area (TPSA) is 29.5 Å². The van der Waals surface area contributed by atoms with Gasteiger partial charge in [0.1, 0.15) is 0 Å². The van der Waals surface area contributed by atoms with E-state index < -0.39 is 0 Å². The number of rotatable bonds is 4. The van der Waals surface area contributed by atoms with Crippen molar-refractivity contribution in [1.29, 1.82) is 0 Å². The first-order valence-corrected chi connectivity index (χ1v) is 8.14. The molecule has 0 radical (unpaired) electrons. The number of hydrogen-bond donors (Lipinski definition) is 0. The van der Waals surface area contributed by atoms with Crippen molar-refractivity contribution >= 4 is 5.78 Å². The fraction of sp³-hybridized carbons (Fsp3) is 0.611. The maximum atomic E-state index is 12.5. The third-order valence-corrected chi connectivity index (χ3v) is 5.17. The van der Waals surface area contributed by atoms with Gasteiger partial charge in [0.05, 0.1) is 6.10 Å². The molecule has 2 fully saturated rings. The normalized spacial score (nSPS) is 27.9. The lowest BCUT2D eigenvalue weighted by Crippen LogP contribution is -2.42. The highest BCUT2D eigenvalue weighted by Gasteiger charge is 2.33. The molecule has 1 aromatic rings. The van der Waals surface area contributed by atoms with Crippen LogP contribution in [0.1, 0.15) is 42.5 Å². The highest BCUT2D eigenvalue weighted by atomic mass is 16.5. The van der Waals surface area contributed by atoms with Crippen molar-refractivity contribution in [2.45, 2.75) is 44.2 Å². The maximum Gasteiger partial charge on any atom is 0.166 e. The molecule has 1 heterocycles. The molecule has 1 saturated heterocycles. The molecule has 0 N–H and O–H groups in total. The van der Waals surface area contributed by atoms with Gasteiger partial charge in [-0.05, 0) is 45.2 Å². The molecular weight excluding hydrogens is 262 g/mol. The summed E-state index contributed by atoms with van der Waals surface area (Å²) >= 11 is 0. The second-order valence-electron chi connectivity index (χ2n) is 6.37. The van der Waals surface area contributed by atoms with Crippen LogP contribution < -0.4 is 0 Å². The van der Waals surface area contributed by atoms with Gasteiger partial charge in [-0.2, -0.15) is 0 Å². The highest BCUT2D eigenvalue weighted by molar-refractivity contribution is 5.97. The molecule has 0 spiro atoms. The van der Waals surface area contributed by atoms with Crippen LogP contribution in [0.4, 0.5) is 0 Å². The first-order valence-electron chi connectivity index (χ1n) is 8.14. The van der Waals surface area contributed by atoms with Gasteiger partial charge in [-0.3, -0.25) is 4.79 Å². The third kappa shape index (κ3) is 3.35. The van der Waals surface area contributed by atoms with Gasteiger partial charge in [0, 0.05) is 24.6 Å². The largest absolute Gasteiger partial charge is 0.381 e. The van der Waals surface area contributed by atoms with Crippen LogP contribution in [0.3, 0.4) is 0 Å². The average molecular weight is 287 g/mol. The number of ether oxygens (including phenoxy) is 1. The first kappa shape index (κ1) is 14.7. The number of likely N-dealkylation sites (tertiary alicyclic amines) is 1. The second-order valence-corrected chi connectivity index (χ2v) is 6.37. The SMILES string of the molecule is CO[C@@H]1CC[C@H](N2CCC(C(=O)c3ccccc3)CC2)C1. The molecule has 2 aliphatic rings. The molecule has 2 atom stereocenters. The maximum absolute atomic E-state index is 12.5. The zero-order valence-corrected chi connectivity index (χ0v) is 12.8. The predicted octanol–water partition coefficient (Wildman–Crippen LogP) is 3.15. The zero-order valence-electron chi connectivity index (χ0n) is 12.8. The molecule has 0 bridgehead atoms. The Morgan fingerprint density at radius 2 is 1.81 bits per heavy atom. The highest BCUT2D eigenvalue weighted by Crippen LogP contribution is 2.30. The lowest BCUT2D eigenvalue weighted by molar-refractivity contribution is 0.0732. The molecule has 0 unspecified atom stereocenters. The lowest BCUT2D eigenvalue weighted by atomic mass is 9.88. The van der Waals surface area contributed by atoms with Crippen LogP contribution in [0, 0.1) is 5.92 Å². The van der Waals surface area contributed by atoms with Crippen molar-refractivity contribution in [3.05, 3.63) is 35.9 Å². The molecule has 3 rings (SSSR count). The fourth-order valence-corrected chi connectivity index (χ4v) is 3.83. The van der Waals surface area contributed by atoms with Crippen LogP contribution in [0.5, 0.6) is 0 Å². The van der Waals surface area contributed by atoms with Crippen LogP contribution in [0.25, 0.3) is 0 Å². The van der Waals surface area contributed by atoms with Crippen LogP contribution in [-0.2, 0) is 4.74 Å². The van der Waals surface area contributed by atoms with E-state index in [1.807, 2.05) is 37.4 Å². The Hall–Kier alpha value is -1.19. The summed E-state index contributed by atoms with van der Waals surface area (Å²) in [6.45, 7) is 2.12. The number of nitrogens with zero attached hydrogens (tertiary/aromatic N) is 1. The third-order valence-electron chi connectivity index (χ3n) is 5.17. The lowest BCUT2D eigenvalue weighted by Gasteiger charge is -2.35. The Bertz CT molecular complexity index is 465. The number of carbonyl (C=O) groups excluding carboxylic acids is 1. The van der Waals surface area contributed by atoms with Gasteiger partial charge >= 0.3 is 0 Å². The van der Waals surface area contributed by atoms with Gasteiger partial charge < -0.3 is 9.64 Å². The second kappa shape index (κ2) is 6.71. The number of ketones is 1. The first-order chi connectivity index (χ1) is 10.3. The Morgan fingerprint density at radius 3 is 2.43 bits per heavy atom. The number of hydrogen-bond acceptors (Lipinski definition) is 3. The Kier molecular flexibility index (Phi) is 4.71. The summed E-state index contributed by atoms with van der Waals surface area (Å²) in [5, 5.41) is 0. The number of piperidine rings is 1. The smallest absolute Gasteiger partial charge is 0.166 e. The molecule has 21 heavy (non-hydrogen) atoms. The van der Waals surface area contributed by atoms with Crippen molar-refractivity contribution in [2.75, 3.05) is 20.2 Å². The summed E-state index contributed by atoms with van der Waals surface area (Å²) in [4.78, 5) is 15.1. The number of Topliss-reactive ketones (excluding diaryl/α,β-unsaturated/α-hetero) is 1. The van der Waals surface area contributed by atoms with E-state index in [9.17, 15) is 4.79 Å². The monoisotopic (exact) mass is 287 g/mol. The number of methoxy groups -OCH3 is 1. The zero-order chi connectivity index (χ0) is 14.7. The van der Waals surface area contributed by atoms with E-state index in [2.05, 4.69) is 4.90 Å². The average Bonchev–Trinajstić information content (AvgIpc) is 3.04. The summed E-state index contributed by atoms with van der Waals surface area (Å²) in [5.74, 6) is 0.541. The molecular formula is C18H25NO2. The van der Waals surface area contributed by atoms with Gasteiger partial charge in [-0.15, -0.1) is 0 Å². The van der Waals surface area contributed by atoms with Gasteiger partial charge in [-0.25, -0.2) is 0 Å². The van der Waals surface area contributed by atoms with E-state index in [-0.39, 0.29) is 5.92 Å². The van der Waals surface area contributed by atoms with Crippen molar-refractivity contribution in [2.24, 2.45) is 5.92 Å². The minimum Gasteiger partial charge on any atom is -0.381 e. The van der Waals surface area contributed by atoms with E-state index >= 15 is 0 Å². The Morgan fingerprint density at radius 1 is 1.10 bits per heavy atom. The fourth-order valence-electron chi connectivity index (χ4n) is 3.83. The molecule has 1 aliphatic carbocycles. The van der Waals surface area contributed by atoms with Crippen molar-refractivity contribution in [3.8, 4) is 0 Å². The molecule has 1 aliphatic heterocycles. The minimum absolute atomic E-state index is 0.211. The molecule has 0 amide bonds. The van der Waals surface area contributed by atoms with Crippen LogP contribution in [0.2, 0.25) is 0 Å². The summed E-state index contributed by atoms with van der Waals surface area (Å²) in [6, 6.07) is 10.4. The van der Waals surface area contributed by atoms with Crippen molar-refractivity contribution < 1.29 is 9.53 Å². The summed E-state index contributed by atoms with van der Waals surface area (Å²) in [5.41, 5.74) is 0.872. The molecule has 114 valence electrons. The molecule has 3 heteroatoms. The van der Waals surface area contributed by atoms with Crippen molar-refractivity contribution in [3.63, 3.8) is 0 Å². The van der Waals surface area contributed by atoms with Gasteiger partial charge in [-0.1, -0.05) is 30.3 Å². The molecule has 1 saturated carbocycles. The van der Waals surface area contributed by atoms with Crippen molar-refractivity contribution in [1.82, 2.24) is 4.90 Å². The number of benzene rings is 1. The van der Waals surface area contributed by atoms with E-state index in [4.69, 9.17) is 4.74 Å². The van der Waals surface area contributed by atoms with Gasteiger partial charge in [0.2, 0.25) is 0 Å². The summed E-state index contributed by atoms with van der Waals surface area (Å²) < 4.78 is 5.47. The molecule has 3 nitrogen and oxygen atoms in total. The van der Waals surface area contributed by atoms with E-state index in [1.54, 1.807) is 0 Å². The minimum atomic E-state index is 0.211. The van der Waals surface area contributed by atoms with Crippen LogP contribution >= 0.6 is 0 Å². The van der Waals surface area contributed by atoms with Crippen LogP contribution in [0.15, 0.2) is 30.3 Å². The Balaban J connectivity index is 1.52.